The monoisotopic (exact) mass is 691 g/mol. The molecule has 0 aliphatic heterocycles. The summed E-state index contributed by atoms with van der Waals surface area (Å²) in [6, 6.07) is 29.5. The number of hydrogen-bond donors (Lipinski definition) is 2. The molecule has 0 fully saturated rings. The molecule has 1 heterocycles. The van der Waals surface area contributed by atoms with Crippen LogP contribution in [0.3, 0.4) is 0 Å². The predicted molar refractivity (Wildman–Crippen MR) is 192 cm³/mol. The Balaban J connectivity index is 1.35. The minimum atomic E-state index is -2.16. The van der Waals surface area contributed by atoms with Crippen LogP contribution in [0.2, 0.25) is 10.0 Å². The smallest absolute Gasteiger partial charge is 0.420 e. The zero-order valence-electron chi connectivity index (χ0n) is 26.3. The van der Waals surface area contributed by atoms with E-state index in [1.807, 2.05) is 58.0 Å². The lowest BCUT2D eigenvalue weighted by Crippen LogP contribution is -2.30. The SMILES string of the molecule is CC(C)(C)CCOc1ccc(-c2ccc(Cc3nc(-c4ccc(Cl)cc4Cl)cn3-c3ccc(NCC(=O)NS(=O)[OH2+])cc3)cc2)cc1. The first-order chi connectivity index (χ1) is 22.4. The molecule has 5 aromatic rings. The second-order valence-electron chi connectivity index (χ2n) is 12.3. The maximum absolute atomic E-state index is 11.8. The van der Waals surface area contributed by atoms with Crippen molar-refractivity contribution in [3.05, 3.63) is 119 Å². The van der Waals surface area contributed by atoms with Gasteiger partial charge >= 0.3 is 11.3 Å². The predicted octanol–water partition coefficient (Wildman–Crippen LogP) is 7.75. The van der Waals surface area contributed by atoms with Crippen LogP contribution < -0.4 is 14.8 Å². The van der Waals surface area contributed by atoms with Crippen LogP contribution >= 0.6 is 23.2 Å². The number of ether oxygens (including phenoxy) is 1. The van der Waals surface area contributed by atoms with E-state index in [0.717, 1.165) is 45.9 Å². The fraction of sp³-hybridized carbons (Fsp3) is 0.222. The van der Waals surface area contributed by atoms with E-state index in [1.165, 1.54) is 0 Å². The van der Waals surface area contributed by atoms with Gasteiger partial charge in [-0.15, -0.1) is 0 Å². The lowest BCUT2D eigenvalue weighted by molar-refractivity contribution is -0.117. The number of aromatic nitrogens is 2. The molecule has 1 amide bonds. The molecule has 0 aliphatic carbocycles. The van der Waals surface area contributed by atoms with Crippen molar-refractivity contribution in [2.45, 2.75) is 33.6 Å². The van der Waals surface area contributed by atoms with Crippen LogP contribution in [0.15, 0.2) is 97.2 Å². The van der Waals surface area contributed by atoms with Gasteiger partial charge in [-0.2, -0.15) is 4.21 Å². The molecule has 1 atom stereocenters. The molecule has 0 saturated heterocycles. The molecule has 0 bridgehead atoms. The summed E-state index contributed by atoms with van der Waals surface area (Å²) in [5, 5.41) is 4.03. The lowest BCUT2D eigenvalue weighted by Gasteiger charge is -2.18. The summed E-state index contributed by atoms with van der Waals surface area (Å²) in [7, 11) is 0. The van der Waals surface area contributed by atoms with E-state index in [1.54, 1.807) is 12.1 Å². The van der Waals surface area contributed by atoms with Gasteiger partial charge in [0.05, 0.1) is 23.9 Å². The fourth-order valence-electron chi connectivity index (χ4n) is 4.87. The van der Waals surface area contributed by atoms with Gasteiger partial charge in [-0.3, -0.25) is 4.79 Å². The number of nitrogens with one attached hydrogen (secondary N) is 2. The number of benzene rings is 4. The maximum Gasteiger partial charge on any atom is 0.420 e. The van der Waals surface area contributed by atoms with Gasteiger partial charge < -0.3 is 19.2 Å². The molecule has 4 N–H and O–H groups in total. The Hall–Kier alpha value is -4.15. The zero-order valence-corrected chi connectivity index (χ0v) is 28.7. The summed E-state index contributed by atoms with van der Waals surface area (Å²) >= 11 is 10.6. The third-order valence-corrected chi connectivity index (χ3v) is 8.38. The molecule has 47 heavy (non-hydrogen) atoms. The molecule has 5 rings (SSSR count). The van der Waals surface area contributed by atoms with Crippen LogP contribution in [0.25, 0.3) is 28.1 Å². The molecule has 8 nitrogen and oxygen atoms in total. The number of imidazole rings is 1. The highest BCUT2D eigenvalue weighted by Gasteiger charge is 2.16. The number of carbonyl (C=O) groups is 1. The molecule has 244 valence electrons. The van der Waals surface area contributed by atoms with Crippen molar-refractivity contribution in [2.24, 2.45) is 5.41 Å². The Morgan fingerprint density at radius 2 is 1.60 bits per heavy atom. The summed E-state index contributed by atoms with van der Waals surface area (Å²) < 4.78 is 27.9. The molecule has 11 heteroatoms. The average molecular weight is 693 g/mol. The molecule has 0 spiro atoms. The van der Waals surface area contributed by atoms with E-state index in [0.29, 0.717) is 34.5 Å². The van der Waals surface area contributed by atoms with Gasteiger partial charge in [-0.25, -0.2) is 9.71 Å². The lowest BCUT2D eigenvalue weighted by atomic mass is 9.93. The van der Waals surface area contributed by atoms with Crippen molar-refractivity contribution < 1.29 is 18.3 Å². The van der Waals surface area contributed by atoms with Gasteiger partial charge in [0.2, 0.25) is 0 Å². The molecule has 4 aromatic carbocycles. The maximum atomic E-state index is 11.8. The van der Waals surface area contributed by atoms with E-state index < -0.39 is 17.2 Å². The van der Waals surface area contributed by atoms with E-state index in [9.17, 15) is 9.00 Å². The van der Waals surface area contributed by atoms with Crippen LogP contribution in [0.5, 0.6) is 5.75 Å². The number of hydrogen-bond acceptors (Lipinski definition) is 5. The number of nitrogens with zero attached hydrogens (tertiary/aromatic N) is 2. The highest BCUT2D eigenvalue weighted by atomic mass is 35.5. The van der Waals surface area contributed by atoms with Gasteiger partial charge in [0, 0.05) is 34.6 Å². The van der Waals surface area contributed by atoms with Crippen LogP contribution in [-0.4, -0.2) is 37.4 Å². The Bertz CT molecular complexity index is 1850. The fourth-order valence-corrected chi connectivity index (χ4v) is 5.66. The van der Waals surface area contributed by atoms with Gasteiger partial charge in [0.1, 0.15) is 11.6 Å². The van der Waals surface area contributed by atoms with E-state index in [2.05, 4.69) is 62.5 Å². The molecule has 1 aromatic heterocycles. The number of rotatable bonds is 12. The molecule has 0 saturated carbocycles. The van der Waals surface area contributed by atoms with Gasteiger partial charge in [0.15, 0.2) is 0 Å². The second kappa shape index (κ2) is 15.2. The van der Waals surface area contributed by atoms with Crippen molar-refractivity contribution in [3.8, 4) is 33.8 Å². The molecule has 0 radical (unpaired) electrons. The molecule has 1 unspecified atom stereocenters. The van der Waals surface area contributed by atoms with Crippen molar-refractivity contribution in [2.75, 3.05) is 18.5 Å². The quantitative estimate of drug-likeness (QED) is 0.130. The standard InChI is InChI=1S/C36H36Cl2N4O4S/c1-36(2,3)18-19-46-30-15-8-26(9-16-30)25-6-4-24(5-7-25)20-34-40-33(31-17-10-27(37)21-32(31)38)23-42(34)29-13-11-28(12-14-29)39-22-35(43)41-47(44)45/h4-17,21,23,39H,18-20,22H2,1-3H3,(H,41,43)(H,44,45)/p+1. The Kier molecular flexibility index (Phi) is 11.0. The minimum absolute atomic E-state index is 0.106. The van der Waals surface area contributed by atoms with E-state index >= 15 is 0 Å². The molecular formula is C36H37Cl2N4O4S+. The van der Waals surface area contributed by atoms with Crippen molar-refractivity contribution in [3.63, 3.8) is 0 Å². The van der Waals surface area contributed by atoms with Crippen LogP contribution in [0.1, 0.15) is 38.6 Å². The first-order valence-electron chi connectivity index (χ1n) is 15.1. The van der Waals surface area contributed by atoms with Gasteiger partial charge in [-0.1, -0.05) is 80.4 Å². The third kappa shape index (κ3) is 9.68. The van der Waals surface area contributed by atoms with Gasteiger partial charge in [-0.05, 0) is 83.1 Å². The summed E-state index contributed by atoms with van der Waals surface area (Å²) in [6.45, 7) is 7.21. The summed E-state index contributed by atoms with van der Waals surface area (Å²) in [4.78, 5) is 16.8. The largest absolute Gasteiger partial charge is 0.494 e. The first-order valence-corrected chi connectivity index (χ1v) is 17.0. The summed E-state index contributed by atoms with van der Waals surface area (Å²) in [6.07, 6.45) is 3.50. The third-order valence-electron chi connectivity index (χ3n) is 7.42. The van der Waals surface area contributed by atoms with Crippen molar-refractivity contribution >= 4 is 46.1 Å². The Morgan fingerprint density at radius 1 is 0.936 bits per heavy atom. The minimum Gasteiger partial charge on any atom is -0.494 e. The first kappa shape index (κ1) is 34.2. The second-order valence-corrected chi connectivity index (χ2v) is 13.9. The van der Waals surface area contributed by atoms with E-state index in [4.69, 9.17) is 37.5 Å². The number of halogens is 2. The molecule has 0 aliphatic rings. The number of carbonyl (C=O) groups excluding carboxylic acids is 1. The van der Waals surface area contributed by atoms with Crippen LogP contribution in [-0.2, 0) is 22.5 Å². The Labute approximate surface area is 287 Å². The van der Waals surface area contributed by atoms with Crippen molar-refractivity contribution in [1.29, 1.82) is 0 Å². The zero-order chi connectivity index (χ0) is 33.6. The summed E-state index contributed by atoms with van der Waals surface area (Å²) in [5.74, 6) is 1.15. The van der Waals surface area contributed by atoms with E-state index in [-0.39, 0.29) is 12.0 Å². The topological polar surface area (TPSA) is 108 Å². The van der Waals surface area contributed by atoms with Crippen LogP contribution in [0, 0.1) is 5.41 Å². The summed E-state index contributed by atoms with van der Waals surface area (Å²) in [5.41, 5.74) is 6.60. The van der Waals surface area contributed by atoms with Crippen molar-refractivity contribution in [1.82, 2.24) is 14.3 Å². The highest BCUT2D eigenvalue weighted by molar-refractivity contribution is 7.77. The number of amides is 1. The van der Waals surface area contributed by atoms with Gasteiger partial charge in [0.25, 0.3) is 5.91 Å². The molecular weight excluding hydrogens is 655 g/mol. The van der Waals surface area contributed by atoms with Crippen LogP contribution in [0.4, 0.5) is 5.69 Å². The Morgan fingerprint density at radius 3 is 2.21 bits per heavy atom. The number of anilines is 1. The highest BCUT2D eigenvalue weighted by Crippen LogP contribution is 2.32. The normalized spacial score (nSPS) is 12.0. The average Bonchev–Trinajstić information content (AvgIpc) is 3.43.